The van der Waals surface area contributed by atoms with Crippen molar-refractivity contribution in [1.82, 2.24) is 0 Å². The summed E-state index contributed by atoms with van der Waals surface area (Å²) in [6.07, 6.45) is -0.130. The summed E-state index contributed by atoms with van der Waals surface area (Å²) in [6.45, 7) is 2.66. The smallest absolute Gasteiger partial charge is 0.146 e. The first-order valence-electron chi connectivity index (χ1n) is 6.60. The lowest BCUT2D eigenvalue weighted by atomic mass is 10.1. The van der Waals surface area contributed by atoms with Gasteiger partial charge in [0.25, 0.3) is 0 Å². The van der Waals surface area contributed by atoms with Gasteiger partial charge in [-0.25, -0.2) is 4.39 Å². The van der Waals surface area contributed by atoms with Crippen molar-refractivity contribution in [3.05, 3.63) is 59.4 Å². The van der Waals surface area contributed by atoms with Gasteiger partial charge in [-0.05, 0) is 48.7 Å². The van der Waals surface area contributed by atoms with Crippen LogP contribution in [0.4, 0.5) is 15.8 Å². The van der Waals surface area contributed by atoms with Crippen molar-refractivity contribution in [2.24, 2.45) is 0 Å². The van der Waals surface area contributed by atoms with Gasteiger partial charge in [0.05, 0.1) is 11.8 Å². The molecule has 0 aromatic heterocycles. The van der Waals surface area contributed by atoms with E-state index in [-0.39, 0.29) is 5.69 Å². The Hall–Kier alpha value is -2.07. The second kappa shape index (κ2) is 6.39. The van der Waals surface area contributed by atoms with Crippen LogP contribution in [0, 0.1) is 12.7 Å². The van der Waals surface area contributed by atoms with Crippen LogP contribution >= 0.6 is 0 Å². The molecule has 1 atom stereocenters. The summed E-state index contributed by atoms with van der Waals surface area (Å²) in [6, 6.07) is 12.4. The van der Waals surface area contributed by atoms with Crippen molar-refractivity contribution < 1.29 is 9.50 Å². The van der Waals surface area contributed by atoms with E-state index in [4.69, 9.17) is 5.73 Å². The minimum atomic E-state index is -0.657. The maximum absolute atomic E-state index is 13.1. The van der Waals surface area contributed by atoms with E-state index in [0.717, 1.165) is 5.69 Å². The Morgan fingerprint density at radius 2 is 2.05 bits per heavy atom. The summed E-state index contributed by atoms with van der Waals surface area (Å²) in [7, 11) is 0. The number of nitrogens with two attached hydrogens (primary N) is 1. The fourth-order valence-corrected chi connectivity index (χ4v) is 2.04. The average molecular weight is 274 g/mol. The highest BCUT2D eigenvalue weighted by molar-refractivity contribution is 5.45. The third-order valence-electron chi connectivity index (χ3n) is 3.17. The molecule has 0 fully saturated rings. The van der Waals surface area contributed by atoms with E-state index in [9.17, 15) is 9.50 Å². The van der Waals surface area contributed by atoms with Crippen LogP contribution in [-0.4, -0.2) is 11.7 Å². The number of halogens is 1. The van der Waals surface area contributed by atoms with Crippen LogP contribution in [0.15, 0.2) is 42.5 Å². The lowest BCUT2D eigenvalue weighted by Gasteiger charge is -2.13. The zero-order valence-electron chi connectivity index (χ0n) is 11.4. The van der Waals surface area contributed by atoms with Gasteiger partial charge in [-0.2, -0.15) is 0 Å². The number of aliphatic hydroxyl groups is 1. The van der Waals surface area contributed by atoms with Crippen molar-refractivity contribution in [2.75, 3.05) is 17.6 Å². The number of anilines is 2. The van der Waals surface area contributed by atoms with Crippen LogP contribution in [0.3, 0.4) is 0 Å². The lowest BCUT2D eigenvalue weighted by molar-refractivity contribution is 0.171. The van der Waals surface area contributed by atoms with E-state index in [0.29, 0.717) is 18.5 Å². The van der Waals surface area contributed by atoms with Crippen LogP contribution < -0.4 is 11.1 Å². The molecule has 0 heterocycles. The summed E-state index contributed by atoms with van der Waals surface area (Å²) in [5, 5.41) is 13.3. The summed E-state index contributed by atoms with van der Waals surface area (Å²) in [5.74, 6) is -0.459. The van der Waals surface area contributed by atoms with Crippen molar-refractivity contribution in [2.45, 2.75) is 19.4 Å². The molecule has 0 saturated carbocycles. The first-order chi connectivity index (χ1) is 9.56. The summed E-state index contributed by atoms with van der Waals surface area (Å²) in [5.41, 5.74) is 8.40. The maximum Gasteiger partial charge on any atom is 0.146 e. The molecule has 0 saturated heterocycles. The molecule has 0 bridgehead atoms. The zero-order chi connectivity index (χ0) is 14.5. The predicted molar refractivity (Wildman–Crippen MR) is 80.1 cm³/mol. The Morgan fingerprint density at radius 3 is 2.75 bits per heavy atom. The maximum atomic E-state index is 13.1. The molecule has 2 rings (SSSR count). The molecule has 3 nitrogen and oxygen atoms in total. The van der Waals surface area contributed by atoms with Gasteiger partial charge in [0.1, 0.15) is 5.82 Å². The Balaban J connectivity index is 1.88. The Morgan fingerprint density at radius 1 is 1.25 bits per heavy atom. The number of benzene rings is 2. The highest BCUT2D eigenvalue weighted by Gasteiger charge is 2.09. The van der Waals surface area contributed by atoms with Gasteiger partial charge in [-0.3, -0.25) is 0 Å². The second-order valence-electron chi connectivity index (χ2n) is 4.88. The van der Waals surface area contributed by atoms with Crippen molar-refractivity contribution >= 4 is 11.4 Å². The fourth-order valence-electron chi connectivity index (χ4n) is 2.04. The molecule has 2 aromatic rings. The number of hydrogen-bond acceptors (Lipinski definition) is 3. The highest BCUT2D eigenvalue weighted by Crippen LogP contribution is 2.21. The minimum Gasteiger partial charge on any atom is -0.396 e. The lowest BCUT2D eigenvalue weighted by Crippen LogP contribution is -2.08. The molecule has 20 heavy (non-hydrogen) atoms. The summed E-state index contributed by atoms with van der Waals surface area (Å²) < 4.78 is 13.1. The standard InChI is InChI=1S/C16H19FN2O/c1-11-3-2-4-13(9-11)19-8-7-16(20)12-5-6-14(17)15(18)10-12/h2-6,9-10,16,19-20H,7-8,18H2,1H3. The van der Waals surface area contributed by atoms with Crippen molar-refractivity contribution in [1.29, 1.82) is 0 Å². The largest absolute Gasteiger partial charge is 0.396 e. The topological polar surface area (TPSA) is 58.3 Å². The number of aliphatic hydroxyl groups excluding tert-OH is 1. The quantitative estimate of drug-likeness (QED) is 0.733. The van der Waals surface area contributed by atoms with Crippen LogP contribution in [0.25, 0.3) is 0 Å². The van der Waals surface area contributed by atoms with Gasteiger partial charge in [-0.15, -0.1) is 0 Å². The number of hydrogen-bond donors (Lipinski definition) is 3. The normalized spacial score (nSPS) is 12.2. The van der Waals surface area contributed by atoms with E-state index in [1.165, 1.54) is 17.7 Å². The molecule has 0 radical (unpaired) electrons. The van der Waals surface area contributed by atoms with Crippen LogP contribution in [-0.2, 0) is 0 Å². The van der Waals surface area contributed by atoms with Gasteiger partial charge in [0, 0.05) is 12.2 Å². The van der Waals surface area contributed by atoms with Crippen molar-refractivity contribution in [3.63, 3.8) is 0 Å². The monoisotopic (exact) mass is 274 g/mol. The molecule has 1 unspecified atom stereocenters. The van der Waals surface area contributed by atoms with Crippen LogP contribution in [0.1, 0.15) is 23.7 Å². The molecule has 2 aromatic carbocycles. The predicted octanol–water partition coefficient (Wildman–Crippen LogP) is 3.25. The highest BCUT2D eigenvalue weighted by atomic mass is 19.1. The number of nitrogens with one attached hydrogen (secondary N) is 1. The third kappa shape index (κ3) is 3.71. The summed E-state index contributed by atoms with van der Waals surface area (Å²) in [4.78, 5) is 0. The molecule has 0 aliphatic carbocycles. The Kier molecular flexibility index (Phi) is 4.58. The van der Waals surface area contributed by atoms with Gasteiger partial charge in [-0.1, -0.05) is 18.2 Å². The molecular formula is C16H19FN2O. The van der Waals surface area contributed by atoms with Gasteiger partial charge >= 0.3 is 0 Å². The number of rotatable bonds is 5. The minimum absolute atomic E-state index is 0.0631. The molecule has 4 heteroatoms. The van der Waals surface area contributed by atoms with E-state index < -0.39 is 11.9 Å². The first kappa shape index (κ1) is 14.3. The van der Waals surface area contributed by atoms with Crippen LogP contribution in [0.2, 0.25) is 0 Å². The van der Waals surface area contributed by atoms with E-state index >= 15 is 0 Å². The summed E-state index contributed by atoms with van der Waals surface area (Å²) >= 11 is 0. The van der Waals surface area contributed by atoms with Crippen LogP contribution in [0.5, 0.6) is 0 Å². The third-order valence-corrected chi connectivity index (χ3v) is 3.17. The Bertz CT molecular complexity index is 586. The van der Waals surface area contributed by atoms with E-state index in [1.807, 2.05) is 31.2 Å². The van der Waals surface area contributed by atoms with E-state index in [1.54, 1.807) is 6.07 Å². The molecular weight excluding hydrogens is 255 g/mol. The average Bonchev–Trinajstić information content (AvgIpc) is 2.42. The molecule has 0 aliphatic heterocycles. The molecule has 0 aliphatic rings. The van der Waals surface area contributed by atoms with E-state index in [2.05, 4.69) is 5.32 Å². The zero-order valence-corrected chi connectivity index (χ0v) is 11.4. The van der Waals surface area contributed by atoms with Gasteiger partial charge < -0.3 is 16.2 Å². The SMILES string of the molecule is Cc1cccc(NCCC(O)c2ccc(F)c(N)c2)c1. The fraction of sp³-hybridized carbons (Fsp3) is 0.250. The number of aryl methyl sites for hydroxylation is 1. The van der Waals surface area contributed by atoms with Crippen molar-refractivity contribution in [3.8, 4) is 0 Å². The first-order valence-corrected chi connectivity index (χ1v) is 6.60. The van der Waals surface area contributed by atoms with Gasteiger partial charge in [0.2, 0.25) is 0 Å². The molecule has 106 valence electrons. The number of nitrogen functional groups attached to an aromatic ring is 1. The van der Waals surface area contributed by atoms with Gasteiger partial charge in [0.15, 0.2) is 0 Å². The molecule has 4 N–H and O–H groups in total. The molecule has 0 spiro atoms. The Labute approximate surface area is 118 Å². The second-order valence-corrected chi connectivity index (χ2v) is 4.88. The molecule has 0 amide bonds.